The van der Waals surface area contributed by atoms with Crippen molar-refractivity contribution in [1.29, 1.82) is 0 Å². The van der Waals surface area contributed by atoms with E-state index in [1.54, 1.807) is 24.1 Å². The molecule has 0 bridgehead atoms. The number of halogens is 2. The first-order valence-corrected chi connectivity index (χ1v) is 7.60. The Morgan fingerprint density at radius 3 is 2.32 bits per heavy atom. The van der Waals surface area contributed by atoms with E-state index in [1.807, 2.05) is 31.2 Å². The third kappa shape index (κ3) is 4.31. The number of hydrogen-bond donors (Lipinski definition) is 0. The van der Waals surface area contributed by atoms with Crippen molar-refractivity contribution >= 4 is 17.5 Å². The molecule has 0 aromatic heterocycles. The van der Waals surface area contributed by atoms with E-state index in [0.717, 1.165) is 11.1 Å². The van der Waals surface area contributed by atoms with Crippen LogP contribution in [0.4, 0.5) is 4.39 Å². The Balaban J connectivity index is 1.93. The summed E-state index contributed by atoms with van der Waals surface area (Å²) in [6.07, 6.45) is 1.11. The minimum Gasteiger partial charge on any atom is -0.339 e. The van der Waals surface area contributed by atoms with Crippen molar-refractivity contribution < 1.29 is 9.18 Å². The number of aryl methyl sites for hydroxylation is 1. The molecule has 0 spiro atoms. The molecule has 0 N–H and O–H groups in total. The summed E-state index contributed by atoms with van der Waals surface area (Å²) in [5, 5.41) is 0.692. The number of benzene rings is 2. The quantitative estimate of drug-likeness (QED) is 0.786. The minimum atomic E-state index is -0.271. The molecule has 1 atom stereocenters. The molecule has 2 aromatic rings. The normalized spacial score (nSPS) is 12.0. The molecule has 0 heterocycles. The Hall–Kier alpha value is -1.87. The van der Waals surface area contributed by atoms with Gasteiger partial charge in [0.1, 0.15) is 5.82 Å². The molecule has 2 nitrogen and oxygen atoms in total. The van der Waals surface area contributed by atoms with Crippen molar-refractivity contribution in [3.05, 3.63) is 70.5 Å². The summed E-state index contributed by atoms with van der Waals surface area (Å²) in [5.74, 6) is -0.209. The zero-order chi connectivity index (χ0) is 16.1. The minimum absolute atomic E-state index is 0.0618. The van der Waals surface area contributed by atoms with E-state index < -0.39 is 0 Å². The number of amides is 1. The molecule has 0 aliphatic carbocycles. The molecular formula is C18H19ClFNO. The van der Waals surface area contributed by atoms with Crippen LogP contribution in [0.25, 0.3) is 0 Å². The highest BCUT2D eigenvalue weighted by Crippen LogP contribution is 2.20. The summed E-state index contributed by atoms with van der Waals surface area (Å²) >= 11 is 5.84. The van der Waals surface area contributed by atoms with E-state index in [0.29, 0.717) is 17.9 Å². The number of nitrogens with zero attached hydrogens (tertiary/aromatic N) is 1. The van der Waals surface area contributed by atoms with Crippen molar-refractivity contribution in [2.45, 2.75) is 25.8 Å². The van der Waals surface area contributed by atoms with Crippen LogP contribution in [0.15, 0.2) is 48.5 Å². The predicted molar refractivity (Wildman–Crippen MR) is 87.4 cm³/mol. The first-order chi connectivity index (χ1) is 10.5. The zero-order valence-corrected chi connectivity index (χ0v) is 13.5. The second-order valence-electron chi connectivity index (χ2n) is 5.36. The van der Waals surface area contributed by atoms with Crippen LogP contribution >= 0.6 is 11.6 Å². The van der Waals surface area contributed by atoms with Gasteiger partial charge >= 0.3 is 0 Å². The van der Waals surface area contributed by atoms with E-state index >= 15 is 0 Å². The lowest BCUT2D eigenvalue weighted by Crippen LogP contribution is -2.29. The lowest BCUT2D eigenvalue weighted by molar-refractivity contribution is -0.131. The number of carbonyl (C=O) groups excluding carboxylic acids is 1. The largest absolute Gasteiger partial charge is 0.339 e. The van der Waals surface area contributed by atoms with Crippen molar-refractivity contribution in [2.24, 2.45) is 0 Å². The highest BCUT2D eigenvalue weighted by molar-refractivity contribution is 6.30. The van der Waals surface area contributed by atoms with Crippen molar-refractivity contribution in [1.82, 2.24) is 4.90 Å². The Kier molecular flexibility index (Phi) is 5.56. The van der Waals surface area contributed by atoms with Crippen LogP contribution in [0.1, 0.15) is 30.5 Å². The third-order valence-electron chi connectivity index (χ3n) is 3.87. The number of hydrogen-bond acceptors (Lipinski definition) is 1. The first-order valence-electron chi connectivity index (χ1n) is 7.23. The second-order valence-corrected chi connectivity index (χ2v) is 5.80. The summed E-state index contributed by atoms with van der Waals surface area (Å²) in [6, 6.07) is 13.7. The molecule has 0 aliphatic rings. The van der Waals surface area contributed by atoms with Crippen molar-refractivity contribution in [3.63, 3.8) is 0 Å². The molecule has 0 saturated heterocycles. The molecule has 0 saturated carbocycles. The Morgan fingerprint density at radius 1 is 1.14 bits per heavy atom. The summed E-state index contributed by atoms with van der Waals surface area (Å²) in [4.78, 5) is 14.0. The SMILES string of the molecule is CC(c1ccc(F)cc1)N(C)C(=O)CCc1ccc(Cl)cc1. The fourth-order valence-corrected chi connectivity index (χ4v) is 2.39. The lowest BCUT2D eigenvalue weighted by atomic mass is 10.1. The molecule has 1 unspecified atom stereocenters. The standard InChI is InChI=1S/C18H19ClFNO/c1-13(15-6-10-17(20)11-7-15)21(2)18(22)12-5-14-3-8-16(19)9-4-14/h3-4,6-11,13H,5,12H2,1-2H3. The maximum absolute atomic E-state index is 13.0. The summed E-state index contributed by atoms with van der Waals surface area (Å²) in [6.45, 7) is 1.94. The summed E-state index contributed by atoms with van der Waals surface area (Å²) in [7, 11) is 1.78. The second kappa shape index (κ2) is 7.41. The Bertz CT molecular complexity index is 625. The van der Waals surface area contributed by atoms with Gasteiger partial charge in [-0.2, -0.15) is 0 Å². The molecule has 0 fully saturated rings. The van der Waals surface area contributed by atoms with Gasteiger partial charge in [-0.1, -0.05) is 35.9 Å². The Labute approximate surface area is 135 Å². The van der Waals surface area contributed by atoms with Gasteiger partial charge in [-0.15, -0.1) is 0 Å². The number of rotatable bonds is 5. The van der Waals surface area contributed by atoms with E-state index in [9.17, 15) is 9.18 Å². The van der Waals surface area contributed by atoms with Crippen molar-refractivity contribution in [3.8, 4) is 0 Å². The van der Waals surface area contributed by atoms with Crippen LogP contribution in [0.3, 0.4) is 0 Å². The van der Waals surface area contributed by atoms with Gasteiger partial charge in [0.2, 0.25) is 5.91 Å². The maximum Gasteiger partial charge on any atom is 0.223 e. The fourth-order valence-electron chi connectivity index (χ4n) is 2.26. The molecule has 2 aromatic carbocycles. The van der Waals surface area contributed by atoms with Gasteiger partial charge in [-0.25, -0.2) is 4.39 Å². The van der Waals surface area contributed by atoms with Gasteiger partial charge in [-0.05, 0) is 48.7 Å². The Morgan fingerprint density at radius 2 is 1.73 bits per heavy atom. The van der Waals surface area contributed by atoms with Gasteiger partial charge in [0.05, 0.1) is 6.04 Å². The number of carbonyl (C=O) groups is 1. The summed E-state index contributed by atoms with van der Waals surface area (Å²) < 4.78 is 13.0. The van der Waals surface area contributed by atoms with Gasteiger partial charge in [0.15, 0.2) is 0 Å². The van der Waals surface area contributed by atoms with E-state index in [4.69, 9.17) is 11.6 Å². The molecule has 4 heteroatoms. The molecule has 2 rings (SSSR count). The van der Waals surface area contributed by atoms with Gasteiger partial charge in [-0.3, -0.25) is 4.79 Å². The van der Waals surface area contributed by atoms with Crippen molar-refractivity contribution in [2.75, 3.05) is 7.05 Å². The summed E-state index contributed by atoms with van der Waals surface area (Å²) in [5.41, 5.74) is 2.00. The first kappa shape index (κ1) is 16.5. The third-order valence-corrected chi connectivity index (χ3v) is 4.12. The van der Waals surface area contributed by atoms with Crippen LogP contribution in [0.5, 0.6) is 0 Å². The molecule has 0 radical (unpaired) electrons. The highest BCUT2D eigenvalue weighted by Gasteiger charge is 2.17. The topological polar surface area (TPSA) is 20.3 Å². The maximum atomic E-state index is 13.0. The van der Waals surface area contributed by atoms with E-state index in [-0.39, 0.29) is 17.8 Å². The van der Waals surface area contributed by atoms with Crippen LogP contribution in [0.2, 0.25) is 5.02 Å². The fraction of sp³-hybridized carbons (Fsp3) is 0.278. The van der Waals surface area contributed by atoms with Crippen LogP contribution < -0.4 is 0 Å². The van der Waals surface area contributed by atoms with Gasteiger partial charge in [0, 0.05) is 18.5 Å². The average molecular weight is 320 g/mol. The van der Waals surface area contributed by atoms with E-state index in [1.165, 1.54) is 12.1 Å². The van der Waals surface area contributed by atoms with E-state index in [2.05, 4.69) is 0 Å². The zero-order valence-electron chi connectivity index (χ0n) is 12.7. The van der Waals surface area contributed by atoms with Crippen LogP contribution in [0, 0.1) is 5.82 Å². The van der Waals surface area contributed by atoms with Crippen LogP contribution in [-0.2, 0) is 11.2 Å². The monoisotopic (exact) mass is 319 g/mol. The lowest BCUT2D eigenvalue weighted by Gasteiger charge is -2.25. The molecular weight excluding hydrogens is 301 g/mol. The smallest absolute Gasteiger partial charge is 0.223 e. The molecule has 0 aliphatic heterocycles. The molecule has 116 valence electrons. The molecule has 22 heavy (non-hydrogen) atoms. The predicted octanol–water partition coefficient (Wildman–Crippen LogP) is 4.63. The average Bonchev–Trinajstić information content (AvgIpc) is 2.53. The van der Waals surface area contributed by atoms with Crippen LogP contribution in [-0.4, -0.2) is 17.9 Å². The molecule has 1 amide bonds. The van der Waals surface area contributed by atoms with Gasteiger partial charge in [0.25, 0.3) is 0 Å². The van der Waals surface area contributed by atoms with Gasteiger partial charge < -0.3 is 4.90 Å². The highest BCUT2D eigenvalue weighted by atomic mass is 35.5.